The van der Waals surface area contributed by atoms with Crippen LogP contribution in [-0.4, -0.2) is 5.11 Å². The SMILES string of the molecule is Cc1cc(C)cc(NC(=S)Nc2ccc3c(C(F)(F)F)cc(=O)oc3c2)c1. The van der Waals surface area contributed by atoms with Crippen LogP contribution in [0.15, 0.2) is 51.7 Å². The van der Waals surface area contributed by atoms with E-state index in [1.165, 1.54) is 18.2 Å². The summed E-state index contributed by atoms with van der Waals surface area (Å²) in [7, 11) is 0. The molecule has 1 heterocycles. The Morgan fingerprint density at radius 1 is 0.963 bits per heavy atom. The molecule has 4 nitrogen and oxygen atoms in total. The second kappa shape index (κ2) is 7.03. The molecule has 0 aliphatic heterocycles. The van der Waals surface area contributed by atoms with Gasteiger partial charge < -0.3 is 15.1 Å². The van der Waals surface area contributed by atoms with Crippen molar-refractivity contribution >= 4 is 39.7 Å². The van der Waals surface area contributed by atoms with Crippen LogP contribution in [0, 0.1) is 13.8 Å². The third-order valence-electron chi connectivity index (χ3n) is 3.79. The molecule has 0 fully saturated rings. The molecule has 0 saturated carbocycles. The number of nitrogens with one attached hydrogen (secondary N) is 2. The highest BCUT2D eigenvalue weighted by molar-refractivity contribution is 7.80. The average Bonchev–Trinajstić information content (AvgIpc) is 2.51. The van der Waals surface area contributed by atoms with Crippen molar-refractivity contribution in [2.45, 2.75) is 20.0 Å². The van der Waals surface area contributed by atoms with Gasteiger partial charge in [0.25, 0.3) is 0 Å². The zero-order chi connectivity index (χ0) is 19.8. The molecule has 0 saturated heterocycles. The number of anilines is 2. The molecule has 27 heavy (non-hydrogen) atoms. The lowest BCUT2D eigenvalue weighted by molar-refractivity contribution is -0.136. The Morgan fingerprint density at radius 3 is 2.22 bits per heavy atom. The number of hydrogen-bond donors (Lipinski definition) is 2. The fourth-order valence-corrected chi connectivity index (χ4v) is 3.05. The van der Waals surface area contributed by atoms with Gasteiger partial charge in [0, 0.05) is 28.9 Å². The van der Waals surface area contributed by atoms with E-state index in [0.29, 0.717) is 11.8 Å². The maximum atomic E-state index is 13.1. The largest absolute Gasteiger partial charge is 0.423 e. The van der Waals surface area contributed by atoms with Crippen molar-refractivity contribution in [2.75, 3.05) is 10.6 Å². The van der Waals surface area contributed by atoms with Crippen molar-refractivity contribution in [2.24, 2.45) is 0 Å². The van der Waals surface area contributed by atoms with Gasteiger partial charge >= 0.3 is 11.8 Å². The molecule has 0 aliphatic carbocycles. The van der Waals surface area contributed by atoms with Gasteiger partial charge in [-0.05, 0) is 61.5 Å². The van der Waals surface area contributed by atoms with Crippen molar-refractivity contribution in [1.82, 2.24) is 0 Å². The van der Waals surface area contributed by atoms with Gasteiger partial charge in [-0.3, -0.25) is 0 Å². The van der Waals surface area contributed by atoms with Gasteiger partial charge in [-0.15, -0.1) is 0 Å². The molecule has 0 aliphatic rings. The molecule has 0 radical (unpaired) electrons. The van der Waals surface area contributed by atoms with E-state index in [4.69, 9.17) is 16.6 Å². The maximum absolute atomic E-state index is 13.1. The van der Waals surface area contributed by atoms with Crippen LogP contribution in [0.2, 0.25) is 0 Å². The predicted molar refractivity (Wildman–Crippen MR) is 103 cm³/mol. The topological polar surface area (TPSA) is 54.3 Å². The van der Waals surface area contributed by atoms with E-state index >= 15 is 0 Å². The van der Waals surface area contributed by atoms with E-state index in [0.717, 1.165) is 16.8 Å². The first-order chi connectivity index (χ1) is 12.6. The predicted octanol–water partition coefficient (Wildman–Crippen LogP) is 5.24. The number of fused-ring (bicyclic) bond motifs is 1. The maximum Gasteiger partial charge on any atom is 0.417 e. The van der Waals surface area contributed by atoms with Gasteiger partial charge in [0.15, 0.2) is 5.11 Å². The number of rotatable bonds is 2. The summed E-state index contributed by atoms with van der Waals surface area (Å²) >= 11 is 5.24. The third-order valence-corrected chi connectivity index (χ3v) is 3.99. The van der Waals surface area contributed by atoms with Crippen molar-refractivity contribution in [3.8, 4) is 0 Å². The fraction of sp³-hybridized carbons (Fsp3) is 0.158. The van der Waals surface area contributed by atoms with Gasteiger partial charge in [0.2, 0.25) is 0 Å². The molecular weight excluding hydrogens is 377 g/mol. The van der Waals surface area contributed by atoms with Crippen molar-refractivity contribution in [1.29, 1.82) is 0 Å². The normalized spacial score (nSPS) is 11.4. The first kappa shape index (κ1) is 18.9. The molecule has 3 rings (SSSR count). The van der Waals surface area contributed by atoms with Crippen molar-refractivity contribution in [3.05, 3.63) is 69.6 Å². The van der Waals surface area contributed by atoms with Crippen LogP contribution in [0.1, 0.15) is 16.7 Å². The number of aryl methyl sites for hydroxylation is 2. The number of alkyl halides is 3. The van der Waals surface area contributed by atoms with Crippen LogP contribution in [0.5, 0.6) is 0 Å². The Kier molecular flexibility index (Phi) is 4.93. The smallest absolute Gasteiger partial charge is 0.417 e. The zero-order valence-electron chi connectivity index (χ0n) is 14.4. The highest BCUT2D eigenvalue weighted by Crippen LogP contribution is 2.34. The van der Waals surface area contributed by atoms with Crippen LogP contribution >= 0.6 is 12.2 Å². The van der Waals surface area contributed by atoms with Crippen LogP contribution in [0.25, 0.3) is 11.0 Å². The lowest BCUT2D eigenvalue weighted by Gasteiger charge is -2.13. The highest BCUT2D eigenvalue weighted by atomic mass is 32.1. The number of benzene rings is 2. The third kappa shape index (κ3) is 4.46. The van der Waals surface area contributed by atoms with Gasteiger partial charge in [-0.2, -0.15) is 13.2 Å². The van der Waals surface area contributed by atoms with E-state index in [1.807, 2.05) is 32.0 Å². The van der Waals surface area contributed by atoms with E-state index in [2.05, 4.69) is 10.6 Å². The summed E-state index contributed by atoms with van der Waals surface area (Å²) < 4.78 is 44.2. The number of thiocarbonyl (C=S) groups is 1. The van der Waals surface area contributed by atoms with Gasteiger partial charge in [0.1, 0.15) is 5.58 Å². The second-order valence-electron chi connectivity index (χ2n) is 6.14. The molecule has 1 aromatic heterocycles. The molecule has 0 spiro atoms. The van der Waals surface area contributed by atoms with Crippen molar-refractivity contribution < 1.29 is 17.6 Å². The Bertz CT molecular complexity index is 1070. The Balaban J connectivity index is 1.87. The minimum atomic E-state index is -4.65. The van der Waals surface area contributed by atoms with Crippen LogP contribution < -0.4 is 16.3 Å². The molecule has 2 N–H and O–H groups in total. The summed E-state index contributed by atoms with van der Waals surface area (Å²) in [5.74, 6) is 0. The Morgan fingerprint density at radius 2 is 1.59 bits per heavy atom. The Labute approximate surface area is 158 Å². The zero-order valence-corrected chi connectivity index (χ0v) is 15.2. The summed E-state index contributed by atoms with van der Waals surface area (Å²) in [4.78, 5) is 11.5. The number of hydrogen-bond acceptors (Lipinski definition) is 3. The van der Waals surface area contributed by atoms with E-state index < -0.39 is 17.4 Å². The Hall–Kier alpha value is -2.87. The second-order valence-corrected chi connectivity index (χ2v) is 6.55. The minimum Gasteiger partial charge on any atom is -0.423 e. The van der Waals surface area contributed by atoms with Gasteiger partial charge in [0.05, 0.1) is 5.56 Å². The molecule has 2 aromatic carbocycles. The molecule has 0 unspecified atom stereocenters. The summed E-state index contributed by atoms with van der Waals surface area (Å²) in [6.07, 6.45) is -4.65. The molecule has 0 atom stereocenters. The lowest BCUT2D eigenvalue weighted by atomic mass is 10.1. The number of halogens is 3. The fourth-order valence-electron chi connectivity index (χ4n) is 2.82. The van der Waals surface area contributed by atoms with Crippen LogP contribution in [-0.2, 0) is 6.18 Å². The van der Waals surface area contributed by atoms with E-state index in [9.17, 15) is 18.0 Å². The van der Waals surface area contributed by atoms with E-state index in [1.54, 1.807) is 0 Å². The molecule has 3 aromatic rings. The molecular formula is C19H15F3N2O2S. The quantitative estimate of drug-likeness (QED) is 0.462. The standard InChI is InChI=1S/C19H15F3N2O2S/c1-10-5-11(2)7-13(6-10)24-18(27)23-12-3-4-14-15(19(20,21)22)9-17(25)26-16(14)8-12/h3-9H,1-2H3,(H2,23,24,27). The first-order valence-corrected chi connectivity index (χ1v) is 8.34. The molecule has 0 amide bonds. The lowest BCUT2D eigenvalue weighted by Crippen LogP contribution is -2.19. The first-order valence-electron chi connectivity index (χ1n) is 7.93. The van der Waals surface area contributed by atoms with Gasteiger partial charge in [-0.1, -0.05) is 6.07 Å². The minimum absolute atomic E-state index is 0.172. The van der Waals surface area contributed by atoms with Gasteiger partial charge in [-0.25, -0.2) is 4.79 Å². The van der Waals surface area contributed by atoms with Crippen LogP contribution in [0.3, 0.4) is 0 Å². The molecule has 140 valence electrons. The highest BCUT2D eigenvalue weighted by Gasteiger charge is 2.33. The van der Waals surface area contributed by atoms with Crippen molar-refractivity contribution in [3.63, 3.8) is 0 Å². The summed E-state index contributed by atoms with van der Waals surface area (Å²) in [5.41, 5.74) is 1.04. The average molecular weight is 392 g/mol. The van der Waals surface area contributed by atoms with Crippen LogP contribution in [0.4, 0.5) is 24.5 Å². The summed E-state index contributed by atoms with van der Waals surface area (Å²) in [5, 5.41) is 5.96. The van der Waals surface area contributed by atoms with E-state index in [-0.39, 0.29) is 16.1 Å². The molecule has 0 bridgehead atoms. The molecule has 8 heteroatoms. The summed E-state index contributed by atoms with van der Waals surface area (Å²) in [6.45, 7) is 3.91. The monoisotopic (exact) mass is 392 g/mol. The summed E-state index contributed by atoms with van der Waals surface area (Å²) in [6, 6.07) is 10.3.